The molecule has 5 heteroatoms. The SMILES string of the molecule is C=CC(F)=C(C)C1CCCN(C(=N)c2ccc3nc[nH]c3c2)C1C. The number of aromatic nitrogens is 2. The molecule has 2 unspecified atom stereocenters. The Kier molecular flexibility index (Phi) is 4.51. The maximum absolute atomic E-state index is 14.0. The van der Waals surface area contributed by atoms with Crippen LogP contribution in [0.3, 0.4) is 0 Å². The van der Waals surface area contributed by atoms with E-state index < -0.39 is 0 Å². The van der Waals surface area contributed by atoms with Crippen LogP contribution in [0.2, 0.25) is 0 Å². The largest absolute Gasteiger partial charge is 0.353 e. The number of piperidine rings is 1. The number of likely N-dealkylation sites (tertiary alicyclic amines) is 1. The highest BCUT2D eigenvalue weighted by Crippen LogP contribution is 2.32. The van der Waals surface area contributed by atoms with E-state index >= 15 is 0 Å². The van der Waals surface area contributed by atoms with Crippen molar-refractivity contribution in [1.29, 1.82) is 5.41 Å². The fourth-order valence-electron chi connectivity index (χ4n) is 3.62. The first-order valence-electron chi connectivity index (χ1n) is 8.30. The second-order valence-electron chi connectivity index (χ2n) is 6.40. The molecule has 2 atom stereocenters. The first-order chi connectivity index (χ1) is 11.5. The van der Waals surface area contributed by atoms with E-state index in [9.17, 15) is 4.39 Å². The predicted molar refractivity (Wildman–Crippen MR) is 95.8 cm³/mol. The van der Waals surface area contributed by atoms with Crippen molar-refractivity contribution in [3.8, 4) is 0 Å². The Hall–Kier alpha value is -2.43. The second kappa shape index (κ2) is 6.59. The summed E-state index contributed by atoms with van der Waals surface area (Å²) in [5, 5.41) is 8.63. The van der Waals surface area contributed by atoms with E-state index in [1.165, 1.54) is 6.08 Å². The summed E-state index contributed by atoms with van der Waals surface area (Å²) in [4.78, 5) is 9.37. The minimum absolute atomic E-state index is 0.0782. The molecule has 126 valence electrons. The molecule has 3 rings (SSSR count). The van der Waals surface area contributed by atoms with Crippen LogP contribution in [-0.2, 0) is 0 Å². The van der Waals surface area contributed by atoms with Crippen LogP contribution in [0.5, 0.6) is 0 Å². The Labute approximate surface area is 141 Å². The van der Waals surface area contributed by atoms with Crippen LogP contribution in [0, 0.1) is 11.3 Å². The molecule has 1 aromatic heterocycles. The molecule has 0 saturated carbocycles. The summed E-state index contributed by atoms with van der Waals surface area (Å²) in [6.45, 7) is 8.26. The van der Waals surface area contributed by atoms with Gasteiger partial charge in [0.15, 0.2) is 0 Å². The lowest BCUT2D eigenvalue weighted by atomic mass is 9.83. The van der Waals surface area contributed by atoms with Crippen molar-refractivity contribution < 1.29 is 4.39 Å². The molecular formula is C19H23FN4. The smallest absolute Gasteiger partial charge is 0.128 e. The van der Waals surface area contributed by atoms with Gasteiger partial charge in [-0.2, -0.15) is 0 Å². The molecule has 0 bridgehead atoms. The van der Waals surface area contributed by atoms with Gasteiger partial charge in [0, 0.05) is 24.1 Å². The number of nitrogens with zero attached hydrogens (tertiary/aromatic N) is 2. The van der Waals surface area contributed by atoms with Gasteiger partial charge in [-0.25, -0.2) is 9.37 Å². The zero-order chi connectivity index (χ0) is 17.3. The van der Waals surface area contributed by atoms with Gasteiger partial charge in [0.1, 0.15) is 11.7 Å². The highest BCUT2D eigenvalue weighted by atomic mass is 19.1. The topological polar surface area (TPSA) is 55.8 Å². The van der Waals surface area contributed by atoms with Crippen molar-refractivity contribution >= 4 is 16.9 Å². The van der Waals surface area contributed by atoms with Gasteiger partial charge in [0.25, 0.3) is 0 Å². The summed E-state index contributed by atoms with van der Waals surface area (Å²) in [7, 11) is 0. The number of amidine groups is 1. The van der Waals surface area contributed by atoms with Crippen LogP contribution in [-0.4, -0.2) is 33.3 Å². The molecule has 0 radical (unpaired) electrons. The molecule has 1 fully saturated rings. The Bertz CT molecular complexity index is 805. The average molecular weight is 326 g/mol. The molecule has 0 amide bonds. The van der Waals surface area contributed by atoms with Crippen molar-refractivity contribution in [2.75, 3.05) is 6.54 Å². The van der Waals surface area contributed by atoms with E-state index in [-0.39, 0.29) is 17.8 Å². The summed E-state index contributed by atoms with van der Waals surface area (Å²) in [5.41, 5.74) is 3.40. The van der Waals surface area contributed by atoms with Crippen LogP contribution >= 0.6 is 0 Å². The third kappa shape index (κ3) is 2.86. The fourth-order valence-corrected chi connectivity index (χ4v) is 3.62. The molecule has 24 heavy (non-hydrogen) atoms. The Morgan fingerprint density at radius 3 is 3.04 bits per heavy atom. The van der Waals surface area contributed by atoms with Gasteiger partial charge in [-0.3, -0.25) is 5.41 Å². The van der Waals surface area contributed by atoms with E-state index in [4.69, 9.17) is 5.41 Å². The van der Waals surface area contributed by atoms with Crippen LogP contribution in [0.25, 0.3) is 11.0 Å². The van der Waals surface area contributed by atoms with E-state index in [0.717, 1.165) is 41.6 Å². The van der Waals surface area contributed by atoms with Gasteiger partial charge in [-0.1, -0.05) is 6.58 Å². The molecule has 2 N–H and O–H groups in total. The van der Waals surface area contributed by atoms with Crippen LogP contribution < -0.4 is 0 Å². The third-order valence-electron chi connectivity index (χ3n) is 5.08. The number of nitrogens with one attached hydrogen (secondary N) is 2. The fraction of sp³-hybridized carbons (Fsp3) is 0.368. The minimum Gasteiger partial charge on any atom is -0.353 e. The summed E-state index contributed by atoms with van der Waals surface area (Å²) in [6.07, 6.45) is 4.82. The minimum atomic E-state index is -0.237. The number of halogens is 1. The second-order valence-corrected chi connectivity index (χ2v) is 6.40. The number of imidazole rings is 1. The summed E-state index contributed by atoms with van der Waals surface area (Å²) in [5.74, 6) is 0.350. The first kappa shape index (κ1) is 16.4. The summed E-state index contributed by atoms with van der Waals surface area (Å²) in [6, 6.07) is 5.88. The van der Waals surface area contributed by atoms with Gasteiger partial charge < -0.3 is 9.88 Å². The normalized spacial score (nSPS) is 22.4. The number of fused-ring (bicyclic) bond motifs is 1. The zero-order valence-electron chi connectivity index (χ0n) is 14.1. The van der Waals surface area contributed by atoms with Crippen molar-refractivity contribution in [2.45, 2.75) is 32.7 Å². The number of rotatable bonds is 3. The van der Waals surface area contributed by atoms with E-state index in [1.54, 1.807) is 6.33 Å². The Morgan fingerprint density at radius 1 is 1.50 bits per heavy atom. The molecule has 1 aromatic carbocycles. The van der Waals surface area contributed by atoms with Crippen LogP contribution in [0.4, 0.5) is 4.39 Å². The molecule has 0 spiro atoms. The average Bonchev–Trinajstić information content (AvgIpc) is 3.07. The number of hydrogen-bond acceptors (Lipinski definition) is 2. The molecule has 0 aliphatic carbocycles. The van der Waals surface area contributed by atoms with E-state index in [2.05, 4.69) is 28.4 Å². The molecule has 4 nitrogen and oxygen atoms in total. The van der Waals surface area contributed by atoms with Crippen molar-refractivity contribution in [3.63, 3.8) is 0 Å². The standard InChI is InChI=1S/C19H23FN4/c1-4-16(20)12(2)15-6-5-9-24(13(15)3)19(21)14-7-8-17-18(10-14)23-11-22-17/h4,7-8,10-11,13,15,21H,1,5-6,9H2,2-3H3,(H,22,23). The molecule has 1 aliphatic rings. The highest BCUT2D eigenvalue weighted by molar-refractivity contribution is 5.99. The molecule has 1 saturated heterocycles. The highest BCUT2D eigenvalue weighted by Gasteiger charge is 2.31. The van der Waals surface area contributed by atoms with E-state index in [1.807, 2.05) is 25.1 Å². The maximum Gasteiger partial charge on any atom is 0.128 e. The third-order valence-corrected chi connectivity index (χ3v) is 5.08. The lowest BCUT2D eigenvalue weighted by Gasteiger charge is -2.41. The Morgan fingerprint density at radius 2 is 2.29 bits per heavy atom. The number of benzene rings is 1. The summed E-state index contributed by atoms with van der Waals surface area (Å²) >= 11 is 0. The molecule has 2 heterocycles. The first-order valence-corrected chi connectivity index (χ1v) is 8.30. The predicted octanol–water partition coefficient (Wildman–Crippen LogP) is 4.42. The number of allylic oxidation sites excluding steroid dienone is 2. The lowest BCUT2D eigenvalue weighted by Crippen LogP contribution is -2.47. The molecule has 2 aromatic rings. The number of aromatic amines is 1. The van der Waals surface area contributed by atoms with Gasteiger partial charge >= 0.3 is 0 Å². The maximum atomic E-state index is 14.0. The van der Waals surface area contributed by atoms with Crippen LogP contribution in [0.15, 0.2) is 48.6 Å². The number of H-pyrrole nitrogens is 1. The van der Waals surface area contributed by atoms with Gasteiger partial charge in [-0.15, -0.1) is 0 Å². The van der Waals surface area contributed by atoms with Crippen molar-refractivity contribution in [1.82, 2.24) is 14.9 Å². The van der Waals surface area contributed by atoms with Crippen molar-refractivity contribution in [2.24, 2.45) is 5.92 Å². The summed E-state index contributed by atoms with van der Waals surface area (Å²) < 4.78 is 14.0. The van der Waals surface area contributed by atoms with Crippen LogP contribution in [0.1, 0.15) is 32.3 Å². The van der Waals surface area contributed by atoms with Crippen molar-refractivity contribution in [3.05, 3.63) is 54.1 Å². The Balaban J connectivity index is 1.87. The monoisotopic (exact) mass is 326 g/mol. The van der Waals surface area contributed by atoms with E-state index in [0.29, 0.717) is 5.84 Å². The van der Waals surface area contributed by atoms with Gasteiger partial charge in [0.2, 0.25) is 0 Å². The zero-order valence-corrected chi connectivity index (χ0v) is 14.1. The van der Waals surface area contributed by atoms with Gasteiger partial charge in [0.05, 0.1) is 17.4 Å². The number of hydrogen-bond donors (Lipinski definition) is 2. The lowest BCUT2D eigenvalue weighted by molar-refractivity contribution is 0.199. The quantitative estimate of drug-likeness (QED) is 0.498. The molecular weight excluding hydrogens is 303 g/mol. The molecule has 1 aliphatic heterocycles. The van der Waals surface area contributed by atoms with Gasteiger partial charge in [-0.05, 0) is 56.5 Å².